The molecule has 0 bridgehead atoms. The number of aryl methyl sites for hydroxylation is 1. The summed E-state index contributed by atoms with van der Waals surface area (Å²) in [6.45, 7) is 2.36. The van der Waals surface area contributed by atoms with Gasteiger partial charge in [-0.3, -0.25) is 15.1 Å². The van der Waals surface area contributed by atoms with Crippen molar-refractivity contribution in [3.63, 3.8) is 0 Å². The number of nitrogens with zero attached hydrogens (tertiary/aromatic N) is 3. The van der Waals surface area contributed by atoms with Crippen LogP contribution in [0, 0.1) is 0 Å². The molecule has 0 aliphatic rings. The van der Waals surface area contributed by atoms with Gasteiger partial charge < -0.3 is 9.88 Å². The molecule has 0 fully saturated rings. The molecular formula is C15H15N5O2S. The molecule has 0 atom stereocenters. The lowest BCUT2D eigenvalue weighted by molar-refractivity contribution is 0.252. The minimum atomic E-state index is -0.316. The maximum atomic E-state index is 12.5. The number of nitrogens with one attached hydrogen (secondary N) is 2. The predicted octanol–water partition coefficient (Wildman–Crippen LogP) is 2.20. The summed E-state index contributed by atoms with van der Waals surface area (Å²) in [7, 11) is 1.69. The monoisotopic (exact) mass is 329 g/mol. The van der Waals surface area contributed by atoms with E-state index in [1.807, 2.05) is 13.0 Å². The number of pyridine rings is 2. The largest absolute Gasteiger partial charge is 0.338 e. The molecule has 0 saturated heterocycles. The minimum absolute atomic E-state index is 0.126. The number of hydrogen-bond acceptors (Lipinski definition) is 5. The molecule has 2 N–H and O–H groups in total. The normalized spacial score (nSPS) is 10.7. The number of aromatic nitrogens is 3. The first-order chi connectivity index (χ1) is 11.1. The molecule has 0 radical (unpaired) electrons. The lowest BCUT2D eigenvalue weighted by Gasteiger charge is -2.04. The van der Waals surface area contributed by atoms with E-state index in [4.69, 9.17) is 0 Å². The van der Waals surface area contributed by atoms with Crippen LogP contribution in [0.5, 0.6) is 0 Å². The average molecular weight is 329 g/mol. The van der Waals surface area contributed by atoms with Gasteiger partial charge in [0.25, 0.3) is 5.56 Å². The van der Waals surface area contributed by atoms with Crippen molar-refractivity contribution in [1.29, 1.82) is 0 Å². The van der Waals surface area contributed by atoms with Crippen LogP contribution in [0.2, 0.25) is 0 Å². The topological polar surface area (TPSA) is 88.9 Å². The summed E-state index contributed by atoms with van der Waals surface area (Å²) in [6.07, 6.45) is 3.30. The van der Waals surface area contributed by atoms with Gasteiger partial charge in [0, 0.05) is 31.5 Å². The number of carbonyl (C=O) groups is 1. The van der Waals surface area contributed by atoms with Crippen molar-refractivity contribution in [3.8, 4) is 11.1 Å². The molecule has 7 nitrogen and oxygen atoms in total. The van der Waals surface area contributed by atoms with Crippen LogP contribution in [0.3, 0.4) is 0 Å². The van der Waals surface area contributed by atoms with Crippen LogP contribution in [0.1, 0.15) is 6.92 Å². The summed E-state index contributed by atoms with van der Waals surface area (Å²) in [5.41, 5.74) is 1.80. The zero-order chi connectivity index (χ0) is 16.4. The first kappa shape index (κ1) is 15.2. The van der Waals surface area contributed by atoms with E-state index in [9.17, 15) is 9.59 Å². The Morgan fingerprint density at radius 2 is 2.26 bits per heavy atom. The average Bonchev–Trinajstić information content (AvgIpc) is 2.94. The Morgan fingerprint density at radius 1 is 1.43 bits per heavy atom. The molecule has 0 aliphatic carbocycles. The second-order valence-electron chi connectivity index (χ2n) is 4.86. The van der Waals surface area contributed by atoms with Crippen LogP contribution in [0.15, 0.2) is 35.4 Å². The van der Waals surface area contributed by atoms with Crippen LogP contribution in [-0.2, 0) is 7.05 Å². The highest BCUT2D eigenvalue weighted by Crippen LogP contribution is 2.27. The van der Waals surface area contributed by atoms with Gasteiger partial charge in [0.1, 0.15) is 10.3 Å². The van der Waals surface area contributed by atoms with E-state index < -0.39 is 0 Å². The van der Waals surface area contributed by atoms with Gasteiger partial charge in [0.15, 0.2) is 5.13 Å². The fourth-order valence-electron chi connectivity index (χ4n) is 2.21. The Hall–Kier alpha value is -2.74. The van der Waals surface area contributed by atoms with Gasteiger partial charge in [-0.15, -0.1) is 0 Å². The van der Waals surface area contributed by atoms with Crippen LogP contribution in [0.4, 0.5) is 9.93 Å². The third-order valence-corrected chi connectivity index (χ3v) is 4.35. The van der Waals surface area contributed by atoms with Crippen LogP contribution < -0.4 is 16.2 Å². The Kier molecular flexibility index (Phi) is 4.07. The summed E-state index contributed by atoms with van der Waals surface area (Å²) in [5, 5.41) is 5.76. The van der Waals surface area contributed by atoms with E-state index in [0.29, 0.717) is 27.6 Å². The third kappa shape index (κ3) is 2.93. The molecule has 8 heteroatoms. The predicted molar refractivity (Wildman–Crippen MR) is 90.8 cm³/mol. The van der Waals surface area contributed by atoms with Crippen LogP contribution in [-0.4, -0.2) is 27.1 Å². The number of carbonyl (C=O) groups excluding carboxylic acids is 1. The Labute approximate surface area is 136 Å². The van der Waals surface area contributed by atoms with Gasteiger partial charge >= 0.3 is 6.03 Å². The summed E-state index contributed by atoms with van der Waals surface area (Å²) in [6, 6.07) is 5.02. The summed E-state index contributed by atoms with van der Waals surface area (Å²) in [4.78, 5) is 33.3. The number of rotatable bonds is 3. The zero-order valence-corrected chi connectivity index (χ0v) is 13.5. The van der Waals surface area contributed by atoms with E-state index in [-0.39, 0.29) is 11.6 Å². The van der Waals surface area contributed by atoms with Crippen molar-refractivity contribution in [1.82, 2.24) is 19.9 Å². The summed E-state index contributed by atoms with van der Waals surface area (Å²) in [5.74, 6) is 0. The van der Waals surface area contributed by atoms with Crippen molar-refractivity contribution >= 4 is 32.8 Å². The van der Waals surface area contributed by atoms with Gasteiger partial charge in [-0.05, 0) is 19.1 Å². The second-order valence-corrected chi connectivity index (χ2v) is 5.84. The first-order valence-electron chi connectivity index (χ1n) is 7.06. The smallest absolute Gasteiger partial charge is 0.321 e. The van der Waals surface area contributed by atoms with Gasteiger partial charge in [0.2, 0.25) is 0 Å². The fourth-order valence-corrected chi connectivity index (χ4v) is 3.11. The number of anilines is 1. The number of urea groups is 1. The molecule has 23 heavy (non-hydrogen) atoms. The van der Waals surface area contributed by atoms with Crippen LogP contribution in [0.25, 0.3) is 21.5 Å². The number of fused-ring (bicyclic) bond motifs is 1. The number of amides is 2. The van der Waals surface area contributed by atoms with Gasteiger partial charge in [0.05, 0.1) is 5.56 Å². The zero-order valence-electron chi connectivity index (χ0n) is 12.7. The molecule has 0 spiro atoms. The second kappa shape index (κ2) is 6.17. The molecule has 3 heterocycles. The Bertz CT molecular complexity index is 917. The van der Waals surface area contributed by atoms with Crippen molar-refractivity contribution in [3.05, 3.63) is 40.9 Å². The Morgan fingerprint density at radius 3 is 2.96 bits per heavy atom. The minimum Gasteiger partial charge on any atom is -0.338 e. The van der Waals surface area contributed by atoms with Crippen molar-refractivity contribution in [2.75, 3.05) is 11.9 Å². The molecule has 3 rings (SSSR count). The molecule has 118 valence electrons. The van der Waals surface area contributed by atoms with E-state index in [1.54, 1.807) is 31.6 Å². The Balaban J connectivity index is 2.08. The van der Waals surface area contributed by atoms with E-state index in [2.05, 4.69) is 20.6 Å². The molecular weight excluding hydrogens is 314 g/mol. The summed E-state index contributed by atoms with van der Waals surface area (Å²) < 4.78 is 1.54. The lowest BCUT2D eigenvalue weighted by atomic mass is 10.1. The van der Waals surface area contributed by atoms with Gasteiger partial charge in [-0.1, -0.05) is 17.4 Å². The highest BCUT2D eigenvalue weighted by molar-refractivity contribution is 7.22. The third-order valence-electron chi connectivity index (χ3n) is 3.29. The molecule has 3 aromatic rings. The first-order valence-corrected chi connectivity index (χ1v) is 7.87. The standard InChI is InChI=1S/C15H15N5O2S/c1-3-17-14(22)19-15-18-11-7-10(9-5-4-6-16-8-9)12(21)20(2)13(11)23-15/h4-8H,3H2,1-2H3,(H2,17,18,19,22). The fraction of sp³-hybridized carbons (Fsp3) is 0.200. The van der Waals surface area contributed by atoms with E-state index in [1.165, 1.54) is 15.9 Å². The maximum Gasteiger partial charge on any atom is 0.321 e. The SMILES string of the molecule is CCNC(=O)Nc1nc2cc(-c3cccnc3)c(=O)n(C)c2s1. The van der Waals surface area contributed by atoms with E-state index in [0.717, 1.165) is 5.56 Å². The summed E-state index contributed by atoms with van der Waals surface area (Å²) >= 11 is 1.26. The molecule has 2 amide bonds. The van der Waals surface area contributed by atoms with Gasteiger partial charge in [-0.25, -0.2) is 9.78 Å². The van der Waals surface area contributed by atoms with Crippen molar-refractivity contribution in [2.45, 2.75) is 6.92 Å². The molecule has 3 aromatic heterocycles. The molecule has 0 unspecified atom stereocenters. The lowest BCUT2D eigenvalue weighted by Crippen LogP contribution is -2.28. The maximum absolute atomic E-state index is 12.5. The highest BCUT2D eigenvalue weighted by Gasteiger charge is 2.14. The van der Waals surface area contributed by atoms with Gasteiger partial charge in [-0.2, -0.15) is 0 Å². The number of thiazole rings is 1. The molecule has 0 saturated carbocycles. The van der Waals surface area contributed by atoms with Crippen molar-refractivity contribution < 1.29 is 4.79 Å². The van der Waals surface area contributed by atoms with Crippen molar-refractivity contribution in [2.24, 2.45) is 7.05 Å². The van der Waals surface area contributed by atoms with Crippen LogP contribution >= 0.6 is 11.3 Å². The van der Waals surface area contributed by atoms with E-state index >= 15 is 0 Å². The highest BCUT2D eigenvalue weighted by atomic mass is 32.1. The molecule has 0 aliphatic heterocycles. The number of hydrogen-bond donors (Lipinski definition) is 2. The quantitative estimate of drug-likeness (QED) is 0.771. The molecule has 0 aromatic carbocycles.